The maximum absolute atomic E-state index is 12.1. The van der Waals surface area contributed by atoms with Gasteiger partial charge < -0.3 is 9.30 Å². The van der Waals surface area contributed by atoms with E-state index in [1.807, 2.05) is 35.8 Å². The fourth-order valence-electron chi connectivity index (χ4n) is 2.68. The van der Waals surface area contributed by atoms with Crippen LogP contribution in [-0.2, 0) is 11.3 Å². The minimum Gasteiger partial charge on any atom is -0.496 e. The van der Waals surface area contributed by atoms with Crippen molar-refractivity contribution in [3.8, 4) is 17.1 Å². The van der Waals surface area contributed by atoms with E-state index in [2.05, 4.69) is 21.0 Å². The Morgan fingerprint density at radius 1 is 1.10 bits per heavy atom. The number of nitrogens with one attached hydrogen (secondary N) is 2. The lowest BCUT2D eigenvalue weighted by Gasteiger charge is -2.10. The summed E-state index contributed by atoms with van der Waals surface area (Å²) in [5.41, 5.74) is 5.97. The molecule has 0 aliphatic carbocycles. The Morgan fingerprint density at radius 3 is 2.53 bits per heavy atom. The smallest absolute Gasteiger partial charge is 0.269 e. The van der Waals surface area contributed by atoms with E-state index in [-0.39, 0.29) is 11.7 Å². The number of rotatable bonds is 7. The molecule has 3 aromatic rings. The number of methoxy groups -OCH3 is 1. The van der Waals surface area contributed by atoms with Gasteiger partial charge in [-0.15, -0.1) is 10.2 Å². The first-order valence-corrected chi connectivity index (χ1v) is 10.4. The molecule has 10 heteroatoms. The SMILES string of the molecule is CCn1c(SCC(=O)NNC(=O)c2ccc(Cl)cc2)nnc1-c1ccccc1OC. The zero-order valence-electron chi connectivity index (χ0n) is 16.4. The van der Waals surface area contributed by atoms with E-state index in [1.54, 1.807) is 31.4 Å². The Kier molecular flexibility index (Phi) is 7.31. The number of hydrazine groups is 1. The van der Waals surface area contributed by atoms with Crippen molar-refractivity contribution >= 4 is 35.2 Å². The van der Waals surface area contributed by atoms with Crippen molar-refractivity contribution in [2.75, 3.05) is 12.9 Å². The normalized spacial score (nSPS) is 10.5. The Morgan fingerprint density at radius 2 is 1.83 bits per heavy atom. The highest BCUT2D eigenvalue weighted by Gasteiger charge is 2.17. The molecule has 0 fully saturated rings. The number of halogens is 1. The molecular formula is C20H20ClN5O3S. The number of ether oxygens (including phenoxy) is 1. The Labute approximate surface area is 182 Å². The molecule has 8 nitrogen and oxygen atoms in total. The van der Waals surface area contributed by atoms with E-state index < -0.39 is 5.91 Å². The molecule has 2 amide bonds. The molecule has 0 saturated heterocycles. The van der Waals surface area contributed by atoms with Gasteiger partial charge in [0.05, 0.1) is 18.4 Å². The number of benzene rings is 2. The zero-order valence-corrected chi connectivity index (χ0v) is 18.0. The average Bonchev–Trinajstić information content (AvgIpc) is 3.19. The molecule has 1 aromatic heterocycles. The van der Waals surface area contributed by atoms with Crippen molar-refractivity contribution < 1.29 is 14.3 Å². The standard InChI is InChI=1S/C20H20ClN5O3S/c1-3-26-18(15-6-4-5-7-16(15)29-2)23-25-20(26)30-12-17(27)22-24-19(28)13-8-10-14(21)11-9-13/h4-11H,3,12H2,1-2H3,(H,22,27)(H,24,28). The van der Waals surface area contributed by atoms with Crippen LogP contribution >= 0.6 is 23.4 Å². The van der Waals surface area contributed by atoms with Crippen LogP contribution in [0.3, 0.4) is 0 Å². The molecule has 0 unspecified atom stereocenters. The highest BCUT2D eigenvalue weighted by molar-refractivity contribution is 7.99. The first-order chi connectivity index (χ1) is 14.5. The maximum Gasteiger partial charge on any atom is 0.269 e. The Bertz CT molecular complexity index is 1040. The zero-order chi connectivity index (χ0) is 21.5. The summed E-state index contributed by atoms with van der Waals surface area (Å²) in [6.07, 6.45) is 0. The van der Waals surface area contributed by atoms with Crippen molar-refractivity contribution in [2.24, 2.45) is 0 Å². The molecule has 1 heterocycles. The monoisotopic (exact) mass is 445 g/mol. The van der Waals surface area contributed by atoms with Gasteiger partial charge in [-0.2, -0.15) is 0 Å². The van der Waals surface area contributed by atoms with Gasteiger partial charge in [0.2, 0.25) is 5.91 Å². The molecule has 0 radical (unpaired) electrons. The maximum atomic E-state index is 12.1. The minimum absolute atomic E-state index is 0.0605. The van der Waals surface area contributed by atoms with E-state index in [9.17, 15) is 9.59 Å². The highest BCUT2D eigenvalue weighted by atomic mass is 35.5. The van der Waals surface area contributed by atoms with Crippen LogP contribution in [-0.4, -0.2) is 39.4 Å². The van der Waals surface area contributed by atoms with Crippen LogP contribution in [0.5, 0.6) is 5.75 Å². The van der Waals surface area contributed by atoms with Crippen molar-refractivity contribution in [1.29, 1.82) is 0 Å². The summed E-state index contributed by atoms with van der Waals surface area (Å²) in [6, 6.07) is 13.9. The second kappa shape index (κ2) is 10.1. The van der Waals surface area contributed by atoms with Gasteiger partial charge in [0.25, 0.3) is 5.91 Å². The summed E-state index contributed by atoms with van der Waals surface area (Å²) < 4.78 is 7.31. The van der Waals surface area contributed by atoms with Gasteiger partial charge in [0.15, 0.2) is 11.0 Å². The summed E-state index contributed by atoms with van der Waals surface area (Å²) in [4.78, 5) is 24.2. The van der Waals surface area contributed by atoms with Crippen molar-refractivity contribution in [2.45, 2.75) is 18.6 Å². The third-order valence-electron chi connectivity index (χ3n) is 4.14. The molecule has 30 heavy (non-hydrogen) atoms. The quantitative estimate of drug-likeness (QED) is 0.428. The number of hydrogen-bond acceptors (Lipinski definition) is 6. The molecule has 0 aliphatic rings. The first kappa shape index (κ1) is 21.7. The number of para-hydroxylation sites is 1. The number of hydrogen-bond donors (Lipinski definition) is 2. The number of amides is 2. The van der Waals surface area contributed by atoms with Crippen LogP contribution in [0.1, 0.15) is 17.3 Å². The van der Waals surface area contributed by atoms with Crippen LogP contribution in [0.4, 0.5) is 0 Å². The van der Waals surface area contributed by atoms with E-state index in [0.29, 0.717) is 33.9 Å². The molecule has 0 saturated carbocycles. The fraction of sp³-hybridized carbons (Fsp3) is 0.200. The third kappa shape index (κ3) is 5.11. The number of aromatic nitrogens is 3. The second-order valence-corrected chi connectivity index (χ2v) is 7.43. The number of carbonyl (C=O) groups excluding carboxylic acids is 2. The predicted octanol–water partition coefficient (Wildman–Crippen LogP) is 3.18. The van der Waals surface area contributed by atoms with Gasteiger partial charge in [-0.1, -0.05) is 35.5 Å². The largest absolute Gasteiger partial charge is 0.496 e. The van der Waals surface area contributed by atoms with Gasteiger partial charge in [-0.05, 0) is 43.3 Å². The summed E-state index contributed by atoms with van der Waals surface area (Å²) in [7, 11) is 1.60. The molecule has 0 aliphatic heterocycles. The number of thioether (sulfide) groups is 1. The van der Waals surface area contributed by atoms with E-state index in [1.165, 1.54) is 11.8 Å². The number of nitrogens with zero attached hydrogens (tertiary/aromatic N) is 3. The summed E-state index contributed by atoms with van der Waals surface area (Å²) >= 11 is 7.03. The van der Waals surface area contributed by atoms with Crippen molar-refractivity contribution in [3.63, 3.8) is 0 Å². The van der Waals surface area contributed by atoms with E-state index in [0.717, 1.165) is 5.56 Å². The molecule has 0 bridgehead atoms. The summed E-state index contributed by atoms with van der Waals surface area (Å²) in [5, 5.41) is 9.59. The lowest BCUT2D eigenvalue weighted by Crippen LogP contribution is -2.42. The molecular weight excluding hydrogens is 426 g/mol. The molecule has 2 aromatic carbocycles. The molecule has 3 rings (SSSR count). The van der Waals surface area contributed by atoms with Crippen molar-refractivity contribution in [3.05, 3.63) is 59.1 Å². The third-order valence-corrected chi connectivity index (χ3v) is 5.35. The van der Waals surface area contributed by atoms with Gasteiger partial charge in [-0.3, -0.25) is 20.4 Å². The Balaban J connectivity index is 1.60. The van der Waals surface area contributed by atoms with E-state index >= 15 is 0 Å². The lowest BCUT2D eigenvalue weighted by molar-refractivity contribution is -0.119. The van der Waals surface area contributed by atoms with Crippen LogP contribution < -0.4 is 15.6 Å². The lowest BCUT2D eigenvalue weighted by atomic mass is 10.2. The fourth-order valence-corrected chi connectivity index (χ4v) is 3.60. The average molecular weight is 446 g/mol. The van der Waals surface area contributed by atoms with Gasteiger partial charge in [-0.25, -0.2) is 0 Å². The van der Waals surface area contributed by atoms with Crippen LogP contribution in [0.2, 0.25) is 5.02 Å². The number of carbonyl (C=O) groups is 2. The Hall–Kier alpha value is -3.04. The van der Waals surface area contributed by atoms with Gasteiger partial charge >= 0.3 is 0 Å². The van der Waals surface area contributed by atoms with Gasteiger partial charge in [0, 0.05) is 17.1 Å². The predicted molar refractivity (Wildman–Crippen MR) is 115 cm³/mol. The molecule has 2 N–H and O–H groups in total. The van der Waals surface area contributed by atoms with Crippen LogP contribution in [0.25, 0.3) is 11.4 Å². The highest BCUT2D eigenvalue weighted by Crippen LogP contribution is 2.30. The van der Waals surface area contributed by atoms with Crippen molar-refractivity contribution in [1.82, 2.24) is 25.6 Å². The summed E-state index contributed by atoms with van der Waals surface area (Å²) in [5.74, 6) is 0.616. The van der Waals surface area contributed by atoms with Gasteiger partial charge in [0.1, 0.15) is 5.75 Å². The second-order valence-electron chi connectivity index (χ2n) is 6.05. The minimum atomic E-state index is -0.430. The summed E-state index contributed by atoms with van der Waals surface area (Å²) in [6.45, 7) is 2.59. The molecule has 0 spiro atoms. The first-order valence-electron chi connectivity index (χ1n) is 9.07. The molecule has 156 valence electrons. The van der Waals surface area contributed by atoms with Crippen LogP contribution in [0.15, 0.2) is 53.7 Å². The molecule has 0 atom stereocenters. The topological polar surface area (TPSA) is 98.1 Å². The van der Waals surface area contributed by atoms with Crippen LogP contribution in [0, 0.1) is 0 Å². The van der Waals surface area contributed by atoms with E-state index in [4.69, 9.17) is 16.3 Å².